The van der Waals surface area contributed by atoms with Crippen molar-refractivity contribution in [1.82, 2.24) is 0 Å². The number of benzene rings is 5. The molecule has 37 heavy (non-hydrogen) atoms. The predicted molar refractivity (Wildman–Crippen MR) is 148 cm³/mol. The average Bonchev–Trinajstić information content (AvgIpc) is 2.92. The number of rotatable bonds is 7. The van der Waals surface area contributed by atoms with Crippen molar-refractivity contribution < 1.29 is 15.3 Å². The van der Waals surface area contributed by atoms with Gasteiger partial charge in [0.2, 0.25) is 0 Å². The first-order chi connectivity index (χ1) is 17.9. The van der Waals surface area contributed by atoms with Gasteiger partial charge in [-0.3, -0.25) is 0 Å². The maximum absolute atomic E-state index is 10.7. The summed E-state index contributed by atoms with van der Waals surface area (Å²) in [5, 5.41) is 31.4. The molecule has 184 valence electrons. The molecule has 0 unspecified atom stereocenters. The first-order valence-electron chi connectivity index (χ1n) is 12.5. The summed E-state index contributed by atoms with van der Waals surface area (Å²) < 4.78 is 0. The number of hydrogen-bond acceptors (Lipinski definition) is 3. The van der Waals surface area contributed by atoms with Gasteiger partial charge in [0.25, 0.3) is 0 Å². The van der Waals surface area contributed by atoms with Crippen molar-refractivity contribution in [2.75, 3.05) is 0 Å². The highest BCUT2D eigenvalue weighted by atomic mass is 16.3. The zero-order valence-corrected chi connectivity index (χ0v) is 20.8. The van der Waals surface area contributed by atoms with E-state index in [0.717, 1.165) is 38.9 Å². The molecule has 0 saturated carbocycles. The van der Waals surface area contributed by atoms with E-state index >= 15 is 0 Å². The molecule has 0 heterocycles. The van der Waals surface area contributed by atoms with Crippen LogP contribution in [0.15, 0.2) is 121 Å². The fourth-order valence-corrected chi connectivity index (χ4v) is 5.00. The Kier molecular flexibility index (Phi) is 6.70. The molecule has 0 aliphatic heterocycles. The smallest absolute Gasteiger partial charge is 0.119 e. The van der Waals surface area contributed by atoms with E-state index in [9.17, 15) is 15.3 Å². The van der Waals surface area contributed by atoms with Gasteiger partial charge in [-0.05, 0) is 70.1 Å². The fourth-order valence-electron chi connectivity index (χ4n) is 5.00. The lowest BCUT2D eigenvalue weighted by Crippen LogP contribution is -2.25. The van der Waals surface area contributed by atoms with E-state index in [0.29, 0.717) is 12.8 Å². The Hall–Kier alpha value is -4.50. The van der Waals surface area contributed by atoms with E-state index in [4.69, 9.17) is 0 Å². The molecule has 5 aromatic rings. The van der Waals surface area contributed by atoms with Crippen LogP contribution in [0.4, 0.5) is 0 Å². The summed E-state index contributed by atoms with van der Waals surface area (Å²) in [6.07, 6.45) is 1.22. The minimum Gasteiger partial charge on any atom is -0.508 e. The summed E-state index contributed by atoms with van der Waals surface area (Å²) in [5.74, 6) is 0.726. The second kappa shape index (κ2) is 10.2. The Morgan fingerprint density at radius 2 is 0.892 bits per heavy atom. The zero-order chi connectivity index (χ0) is 25.8. The third kappa shape index (κ3) is 5.07. The average molecular weight is 487 g/mol. The number of phenols is 3. The quantitative estimate of drug-likeness (QED) is 0.211. The van der Waals surface area contributed by atoms with Crippen LogP contribution >= 0.6 is 0 Å². The third-order valence-electron chi connectivity index (χ3n) is 7.23. The van der Waals surface area contributed by atoms with Crippen LogP contribution in [0.5, 0.6) is 17.2 Å². The lowest BCUT2D eigenvalue weighted by Gasteiger charge is -2.33. The molecule has 0 saturated heterocycles. The van der Waals surface area contributed by atoms with Gasteiger partial charge < -0.3 is 15.3 Å². The van der Waals surface area contributed by atoms with E-state index in [1.54, 1.807) is 24.3 Å². The number of aromatic hydroxyl groups is 3. The van der Waals surface area contributed by atoms with E-state index in [1.807, 2.05) is 60.7 Å². The van der Waals surface area contributed by atoms with Gasteiger partial charge in [0.15, 0.2) is 0 Å². The van der Waals surface area contributed by atoms with Gasteiger partial charge in [0.1, 0.15) is 17.2 Å². The lowest BCUT2D eigenvalue weighted by molar-refractivity contribution is 0.468. The molecule has 0 spiro atoms. The second-order valence-corrected chi connectivity index (χ2v) is 9.68. The molecule has 0 aliphatic rings. The van der Waals surface area contributed by atoms with Gasteiger partial charge in [-0.2, -0.15) is 0 Å². The van der Waals surface area contributed by atoms with Crippen LogP contribution in [0.1, 0.15) is 45.9 Å². The Balaban J connectivity index is 1.64. The Morgan fingerprint density at radius 1 is 0.486 bits per heavy atom. The number of hydrogen-bond donors (Lipinski definition) is 3. The highest BCUT2D eigenvalue weighted by Crippen LogP contribution is 2.42. The van der Waals surface area contributed by atoms with Crippen LogP contribution in [-0.4, -0.2) is 15.3 Å². The standard InChI is InChI=1S/C34H30O3/c1-34(28-12-16-31(35)17-13-28,29-14-18-32(36)26(22-29)20-24-8-4-2-5-9-24)30-15-19-33(37)27(23-30)21-25-10-6-3-7-11-25/h2-19,22-23,35-37H,20-21H2,1H3. The monoisotopic (exact) mass is 486 g/mol. The summed E-state index contributed by atoms with van der Waals surface area (Å²) in [6.45, 7) is 2.15. The Bertz CT molecular complexity index is 1400. The molecule has 5 aromatic carbocycles. The molecule has 0 aromatic heterocycles. The Morgan fingerprint density at radius 3 is 1.32 bits per heavy atom. The van der Waals surface area contributed by atoms with Gasteiger partial charge in [0, 0.05) is 18.3 Å². The van der Waals surface area contributed by atoms with Crippen LogP contribution in [0.2, 0.25) is 0 Å². The molecule has 0 amide bonds. The van der Waals surface area contributed by atoms with Gasteiger partial charge in [-0.1, -0.05) is 97.1 Å². The van der Waals surface area contributed by atoms with Gasteiger partial charge in [0.05, 0.1) is 0 Å². The minimum atomic E-state index is -0.605. The van der Waals surface area contributed by atoms with Crippen molar-refractivity contribution in [3.63, 3.8) is 0 Å². The molecular weight excluding hydrogens is 456 g/mol. The fraction of sp³-hybridized carbons (Fsp3) is 0.118. The second-order valence-electron chi connectivity index (χ2n) is 9.68. The largest absolute Gasteiger partial charge is 0.508 e. The van der Waals surface area contributed by atoms with Gasteiger partial charge >= 0.3 is 0 Å². The molecule has 3 heteroatoms. The minimum absolute atomic E-state index is 0.206. The van der Waals surface area contributed by atoms with Crippen LogP contribution in [0.25, 0.3) is 0 Å². The molecule has 0 radical (unpaired) electrons. The highest BCUT2D eigenvalue weighted by molar-refractivity contribution is 5.55. The SMILES string of the molecule is CC(c1ccc(O)cc1)(c1ccc(O)c(Cc2ccccc2)c1)c1ccc(O)c(Cc2ccccc2)c1. The van der Waals surface area contributed by atoms with Gasteiger partial charge in [-0.25, -0.2) is 0 Å². The van der Waals surface area contributed by atoms with Crippen molar-refractivity contribution >= 4 is 0 Å². The van der Waals surface area contributed by atoms with Crippen molar-refractivity contribution in [2.24, 2.45) is 0 Å². The summed E-state index contributed by atoms with van der Waals surface area (Å²) in [7, 11) is 0. The highest BCUT2D eigenvalue weighted by Gasteiger charge is 2.32. The van der Waals surface area contributed by atoms with E-state index < -0.39 is 5.41 Å². The molecule has 0 atom stereocenters. The summed E-state index contributed by atoms with van der Waals surface area (Å²) >= 11 is 0. The maximum Gasteiger partial charge on any atom is 0.119 e. The molecule has 0 fully saturated rings. The lowest BCUT2D eigenvalue weighted by atomic mass is 9.70. The molecule has 3 nitrogen and oxygen atoms in total. The van der Waals surface area contributed by atoms with Gasteiger partial charge in [-0.15, -0.1) is 0 Å². The van der Waals surface area contributed by atoms with Crippen LogP contribution < -0.4 is 0 Å². The number of phenolic OH excluding ortho intramolecular Hbond substituents is 3. The molecule has 3 N–H and O–H groups in total. The third-order valence-corrected chi connectivity index (χ3v) is 7.23. The van der Waals surface area contributed by atoms with Crippen LogP contribution in [-0.2, 0) is 18.3 Å². The zero-order valence-electron chi connectivity index (χ0n) is 20.8. The maximum atomic E-state index is 10.7. The van der Waals surface area contributed by atoms with Crippen molar-refractivity contribution in [3.05, 3.63) is 160 Å². The first-order valence-corrected chi connectivity index (χ1v) is 12.5. The van der Waals surface area contributed by atoms with Crippen LogP contribution in [0, 0.1) is 0 Å². The van der Waals surface area contributed by atoms with Crippen molar-refractivity contribution in [1.29, 1.82) is 0 Å². The van der Waals surface area contributed by atoms with Crippen LogP contribution in [0.3, 0.4) is 0 Å². The van der Waals surface area contributed by atoms with E-state index in [2.05, 4.69) is 43.3 Å². The molecular formula is C34H30O3. The Labute approximate surface area is 218 Å². The van der Waals surface area contributed by atoms with E-state index in [-0.39, 0.29) is 17.2 Å². The summed E-state index contributed by atoms with van der Waals surface area (Å²) in [4.78, 5) is 0. The van der Waals surface area contributed by atoms with Crippen molar-refractivity contribution in [3.8, 4) is 17.2 Å². The topological polar surface area (TPSA) is 60.7 Å². The first kappa shape index (κ1) is 24.2. The summed E-state index contributed by atoms with van der Waals surface area (Å²) in [5.41, 5.74) is 6.35. The van der Waals surface area contributed by atoms with Crippen molar-refractivity contribution in [2.45, 2.75) is 25.2 Å². The molecule has 0 aliphatic carbocycles. The predicted octanol–water partition coefficient (Wildman–Crippen LogP) is 7.34. The van der Waals surface area contributed by atoms with E-state index in [1.165, 1.54) is 0 Å². The summed E-state index contributed by atoms with van der Waals surface area (Å²) in [6, 6.07) is 39.0. The molecule has 0 bridgehead atoms. The normalized spacial score (nSPS) is 11.4. The molecule has 5 rings (SSSR count).